The standard InChI is InChI=1S/C15H20FNO3/c16-12-4-6-14(7-5-12)20-10-2-9-17-8-1-3-13(17)11-15(18)19/h4-7,13H,1-3,8-11H2,(H,18,19). The van der Waals surface area contributed by atoms with E-state index in [1.807, 2.05) is 0 Å². The number of halogens is 1. The number of carbonyl (C=O) groups is 1. The first-order valence-electron chi connectivity index (χ1n) is 6.99. The molecular formula is C15H20FNO3. The predicted octanol–water partition coefficient (Wildman–Crippen LogP) is 2.53. The molecule has 1 heterocycles. The fourth-order valence-corrected chi connectivity index (χ4v) is 2.61. The van der Waals surface area contributed by atoms with Crippen LogP contribution in [0.5, 0.6) is 5.75 Å². The van der Waals surface area contributed by atoms with Crippen molar-refractivity contribution in [3.05, 3.63) is 30.1 Å². The lowest BCUT2D eigenvalue weighted by molar-refractivity contribution is -0.138. The SMILES string of the molecule is O=C(O)CC1CCCN1CCCOc1ccc(F)cc1. The van der Waals surface area contributed by atoms with Crippen molar-refractivity contribution in [1.29, 1.82) is 0 Å². The highest BCUT2D eigenvalue weighted by Gasteiger charge is 2.25. The number of rotatable bonds is 7. The van der Waals surface area contributed by atoms with Crippen molar-refractivity contribution in [2.45, 2.75) is 31.7 Å². The van der Waals surface area contributed by atoms with Gasteiger partial charge in [-0.15, -0.1) is 0 Å². The molecular weight excluding hydrogens is 261 g/mol. The van der Waals surface area contributed by atoms with E-state index in [9.17, 15) is 9.18 Å². The highest BCUT2D eigenvalue weighted by atomic mass is 19.1. The van der Waals surface area contributed by atoms with E-state index in [2.05, 4.69) is 4.90 Å². The van der Waals surface area contributed by atoms with E-state index in [1.54, 1.807) is 12.1 Å². The molecule has 1 saturated heterocycles. The Morgan fingerprint density at radius 2 is 2.15 bits per heavy atom. The van der Waals surface area contributed by atoms with Gasteiger partial charge in [0.05, 0.1) is 13.0 Å². The summed E-state index contributed by atoms with van der Waals surface area (Å²) in [6.45, 7) is 2.37. The molecule has 1 N–H and O–H groups in total. The van der Waals surface area contributed by atoms with E-state index in [4.69, 9.17) is 9.84 Å². The maximum absolute atomic E-state index is 12.7. The number of aliphatic carboxylic acids is 1. The molecule has 0 aliphatic carbocycles. The fourth-order valence-electron chi connectivity index (χ4n) is 2.61. The number of ether oxygens (including phenoxy) is 1. The first-order chi connectivity index (χ1) is 9.65. The van der Waals surface area contributed by atoms with Crippen LogP contribution < -0.4 is 4.74 Å². The highest BCUT2D eigenvalue weighted by Crippen LogP contribution is 2.20. The number of carboxylic acid groups (broad SMARTS) is 1. The van der Waals surface area contributed by atoms with Gasteiger partial charge in [0.25, 0.3) is 0 Å². The van der Waals surface area contributed by atoms with Crippen LogP contribution in [0.25, 0.3) is 0 Å². The van der Waals surface area contributed by atoms with Crippen LogP contribution in [0, 0.1) is 5.82 Å². The number of hydrogen-bond donors (Lipinski definition) is 1. The van der Waals surface area contributed by atoms with Crippen LogP contribution in [0.4, 0.5) is 4.39 Å². The van der Waals surface area contributed by atoms with Gasteiger partial charge in [-0.25, -0.2) is 4.39 Å². The van der Waals surface area contributed by atoms with Gasteiger partial charge >= 0.3 is 5.97 Å². The summed E-state index contributed by atoms with van der Waals surface area (Å²) in [6, 6.07) is 6.13. The van der Waals surface area contributed by atoms with Gasteiger partial charge in [0, 0.05) is 12.6 Å². The van der Waals surface area contributed by atoms with E-state index in [0.29, 0.717) is 12.4 Å². The second-order valence-corrected chi connectivity index (χ2v) is 5.09. The van der Waals surface area contributed by atoms with E-state index in [-0.39, 0.29) is 18.3 Å². The molecule has 4 nitrogen and oxygen atoms in total. The van der Waals surface area contributed by atoms with Crippen molar-refractivity contribution in [2.24, 2.45) is 0 Å². The molecule has 1 aromatic rings. The number of benzene rings is 1. The van der Waals surface area contributed by atoms with E-state index in [0.717, 1.165) is 32.4 Å². The average Bonchev–Trinajstić information content (AvgIpc) is 2.83. The third-order valence-electron chi connectivity index (χ3n) is 3.58. The summed E-state index contributed by atoms with van der Waals surface area (Å²) in [7, 11) is 0. The Balaban J connectivity index is 1.67. The quantitative estimate of drug-likeness (QED) is 0.780. The van der Waals surface area contributed by atoms with Crippen molar-refractivity contribution in [1.82, 2.24) is 4.90 Å². The van der Waals surface area contributed by atoms with Gasteiger partial charge in [-0.1, -0.05) is 0 Å². The Morgan fingerprint density at radius 1 is 1.40 bits per heavy atom. The van der Waals surface area contributed by atoms with Crippen LogP contribution in [0.15, 0.2) is 24.3 Å². The zero-order valence-corrected chi connectivity index (χ0v) is 11.4. The summed E-state index contributed by atoms with van der Waals surface area (Å²) in [5, 5.41) is 8.85. The second-order valence-electron chi connectivity index (χ2n) is 5.09. The third-order valence-corrected chi connectivity index (χ3v) is 3.58. The Kier molecular flexibility index (Phi) is 5.35. The van der Waals surface area contributed by atoms with Crippen LogP contribution in [0.3, 0.4) is 0 Å². The lowest BCUT2D eigenvalue weighted by Gasteiger charge is -2.22. The second kappa shape index (κ2) is 7.24. The van der Waals surface area contributed by atoms with Gasteiger partial charge in [-0.05, 0) is 50.1 Å². The summed E-state index contributed by atoms with van der Waals surface area (Å²) in [5.41, 5.74) is 0. The van der Waals surface area contributed by atoms with Gasteiger partial charge in [0.15, 0.2) is 0 Å². The molecule has 20 heavy (non-hydrogen) atoms. The van der Waals surface area contributed by atoms with Gasteiger partial charge < -0.3 is 9.84 Å². The molecule has 1 aromatic carbocycles. The minimum Gasteiger partial charge on any atom is -0.494 e. The molecule has 0 spiro atoms. The average molecular weight is 281 g/mol. The Morgan fingerprint density at radius 3 is 2.85 bits per heavy atom. The molecule has 1 aliphatic heterocycles. The Hall–Kier alpha value is -1.62. The maximum Gasteiger partial charge on any atom is 0.304 e. The van der Waals surface area contributed by atoms with E-state index >= 15 is 0 Å². The topological polar surface area (TPSA) is 49.8 Å². The van der Waals surface area contributed by atoms with Crippen molar-refractivity contribution in [2.75, 3.05) is 19.7 Å². The van der Waals surface area contributed by atoms with Crippen molar-refractivity contribution in [3.63, 3.8) is 0 Å². The highest BCUT2D eigenvalue weighted by molar-refractivity contribution is 5.67. The van der Waals surface area contributed by atoms with Crippen molar-refractivity contribution in [3.8, 4) is 5.75 Å². The summed E-state index contributed by atoms with van der Waals surface area (Å²) in [6.07, 6.45) is 3.09. The van der Waals surface area contributed by atoms with Gasteiger partial charge in [-0.2, -0.15) is 0 Å². The molecule has 0 saturated carbocycles. The number of hydrogen-bond acceptors (Lipinski definition) is 3. The Bertz CT molecular complexity index is 435. The normalized spacial score (nSPS) is 19.1. The van der Waals surface area contributed by atoms with Gasteiger partial charge in [0.2, 0.25) is 0 Å². The Labute approximate surface area is 118 Å². The molecule has 1 unspecified atom stereocenters. The smallest absolute Gasteiger partial charge is 0.304 e. The van der Waals surface area contributed by atoms with Crippen LogP contribution in [0.2, 0.25) is 0 Å². The van der Waals surface area contributed by atoms with E-state index < -0.39 is 5.97 Å². The van der Waals surface area contributed by atoms with Crippen LogP contribution in [-0.4, -0.2) is 41.7 Å². The van der Waals surface area contributed by atoms with Crippen LogP contribution in [-0.2, 0) is 4.79 Å². The van der Waals surface area contributed by atoms with E-state index in [1.165, 1.54) is 12.1 Å². The zero-order valence-electron chi connectivity index (χ0n) is 11.4. The lowest BCUT2D eigenvalue weighted by Crippen LogP contribution is -2.32. The minimum absolute atomic E-state index is 0.165. The third kappa shape index (κ3) is 4.49. The largest absolute Gasteiger partial charge is 0.494 e. The summed E-state index contributed by atoms with van der Waals surface area (Å²) in [5.74, 6) is -0.342. The molecule has 1 fully saturated rings. The summed E-state index contributed by atoms with van der Waals surface area (Å²) < 4.78 is 18.2. The zero-order chi connectivity index (χ0) is 14.4. The van der Waals surface area contributed by atoms with Gasteiger partial charge in [0.1, 0.15) is 11.6 Å². The summed E-state index contributed by atoms with van der Waals surface area (Å²) in [4.78, 5) is 13.0. The molecule has 0 aromatic heterocycles. The molecule has 110 valence electrons. The van der Waals surface area contributed by atoms with Crippen molar-refractivity contribution >= 4 is 5.97 Å². The molecule has 5 heteroatoms. The van der Waals surface area contributed by atoms with Crippen LogP contribution in [0.1, 0.15) is 25.7 Å². The molecule has 0 amide bonds. The summed E-state index contributed by atoms with van der Waals surface area (Å²) >= 11 is 0. The first kappa shape index (κ1) is 14.8. The monoisotopic (exact) mass is 281 g/mol. The fraction of sp³-hybridized carbons (Fsp3) is 0.533. The molecule has 0 bridgehead atoms. The predicted molar refractivity (Wildman–Crippen MR) is 73.4 cm³/mol. The first-order valence-corrected chi connectivity index (χ1v) is 6.99. The molecule has 2 rings (SSSR count). The molecule has 1 aliphatic rings. The number of likely N-dealkylation sites (tertiary alicyclic amines) is 1. The molecule has 0 radical (unpaired) electrons. The minimum atomic E-state index is -0.732. The number of nitrogens with zero attached hydrogens (tertiary/aromatic N) is 1. The van der Waals surface area contributed by atoms with Crippen LogP contribution >= 0.6 is 0 Å². The molecule has 1 atom stereocenters. The lowest BCUT2D eigenvalue weighted by atomic mass is 10.1. The van der Waals surface area contributed by atoms with Gasteiger partial charge in [-0.3, -0.25) is 9.69 Å². The maximum atomic E-state index is 12.7. The van der Waals surface area contributed by atoms with Crippen molar-refractivity contribution < 1.29 is 19.0 Å². The number of carboxylic acids is 1.